The van der Waals surface area contributed by atoms with Gasteiger partial charge in [0.05, 0.1) is 7.11 Å². The highest BCUT2D eigenvalue weighted by Crippen LogP contribution is 2.30. The van der Waals surface area contributed by atoms with Gasteiger partial charge in [-0.3, -0.25) is 4.79 Å². The minimum atomic E-state index is -0.734. The van der Waals surface area contributed by atoms with Gasteiger partial charge in [0.1, 0.15) is 18.2 Å². The molecule has 0 spiro atoms. The number of rotatable bonds is 10. The first kappa shape index (κ1) is 22.4. The van der Waals surface area contributed by atoms with Crippen molar-refractivity contribution in [2.45, 2.75) is 13.8 Å². The number of carbonyl (C=O) groups is 1. The van der Waals surface area contributed by atoms with E-state index >= 15 is 0 Å². The van der Waals surface area contributed by atoms with Crippen LogP contribution in [0.3, 0.4) is 0 Å². The van der Waals surface area contributed by atoms with E-state index in [1.165, 1.54) is 13.2 Å². The molecule has 0 fully saturated rings. The number of hydrogen-bond donors (Lipinski definition) is 1. The topological polar surface area (TPSA) is 50.8 Å². The van der Waals surface area contributed by atoms with Crippen molar-refractivity contribution >= 4 is 17.7 Å². The van der Waals surface area contributed by atoms with Gasteiger partial charge in [-0.25, -0.2) is 8.78 Å². The van der Waals surface area contributed by atoms with Crippen molar-refractivity contribution in [3.63, 3.8) is 0 Å². The van der Waals surface area contributed by atoms with Crippen molar-refractivity contribution in [3.8, 4) is 11.5 Å². The van der Waals surface area contributed by atoms with Crippen LogP contribution in [0.2, 0.25) is 0 Å². The maximum Gasteiger partial charge on any atom is 0.248 e. The summed E-state index contributed by atoms with van der Waals surface area (Å²) < 4.78 is 38.4. The molecule has 7 heteroatoms. The Morgan fingerprint density at radius 3 is 2.41 bits per heavy atom. The monoisotopic (exact) mass is 404 g/mol. The van der Waals surface area contributed by atoms with E-state index in [-0.39, 0.29) is 5.56 Å². The van der Waals surface area contributed by atoms with Crippen LogP contribution in [0.25, 0.3) is 6.08 Å². The van der Waals surface area contributed by atoms with E-state index in [4.69, 9.17) is 9.47 Å². The van der Waals surface area contributed by atoms with Crippen molar-refractivity contribution in [2.24, 2.45) is 0 Å². The van der Waals surface area contributed by atoms with Crippen LogP contribution in [-0.4, -0.2) is 44.2 Å². The standard InChI is InChI=1S/C22H26F2N2O3/c1-4-26(5-2)13-14-29-21-15-16(9-11-20(21)28-3)25-22(27)12-10-17-18(23)7-6-8-19(17)24/h6-12,15H,4-5,13-14H2,1-3H3,(H,25,27)/b12-10+. The lowest BCUT2D eigenvalue weighted by molar-refractivity contribution is -0.111. The number of benzene rings is 2. The molecule has 0 saturated heterocycles. The van der Waals surface area contributed by atoms with Gasteiger partial charge in [0.2, 0.25) is 5.91 Å². The number of nitrogens with one attached hydrogen (secondary N) is 1. The molecule has 1 N–H and O–H groups in total. The number of nitrogens with zero attached hydrogens (tertiary/aromatic N) is 1. The van der Waals surface area contributed by atoms with E-state index in [9.17, 15) is 13.6 Å². The fraction of sp³-hybridized carbons (Fsp3) is 0.318. The third-order valence-corrected chi connectivity index (χ3v) is 4.39. The molecule has 2 aromatic carbocycles. The molecule has 2 aromatic rings. The van der Waals surface area contributed by atoms with Gasteiger partial charge in [0, 0.05) is 29.9 Å². The summed E-state index contributed by atoms with van der Waals surface area (Å²) in [5, 5.41) is 2.65. The molecule has 0 bridgehead atoms. The van der Waals surface area contributed by atoms with Crippen molar-refractivity contribution in [3.05, 3.63) is 59.7 Å². The predicted molar refractivity (Wildman–Crippen MR) is 110 cm³/mol. The molecule has 1 amide bonds. The van der Waals surface area contributed by atoms with E-state index in [2.05, 4.69) is 24.1 Å². The van der Waals surface area contributed by atoms with Gasteiger partial charge in [-0.15, -0.1) is 0 Å². The Hall–Kier alpha value is -2.93. The van der Waals surface area contributed by atoms with Crippen molar-refractivity contribution in [1.29, 1.82) is 0 Å². The largest absolute Gasteiger partial charge is 0.493 e. The summed E-state index contributed by atoms with van der Waals surface area (Å²) in [6.45, 7) is 7.28. The summed E-state index contributed by atoms with van der Waals surface area (Å²) in [5.41, 5.74) is 0.213. The van der Waals surface area contributed by atoms with Crippen LogP contribution in [0.5, 0.6) is 11.5 Å². The fourth-order valence-electron chi connectivity index (χ4n) is 2.70. The number of halogens is 2. The average Bonchev–Trinajstić information content (AvgIpc) is 2.71. The molecule has 5 nitrogen and oxygen atoms in total. The van der Waals surface area contributed by atoms with Gasteiger partial charge in [0.15, 0.2) is 11.5 Å². The summed E-state index contributed by atoms with van der Waals surface area (Å²) >= 11 is 0. The zero-order valence-corrected chi connectivity index (χ0v) is 16.9. The number of likely N-dealkylation sites (N-methyl/N-ethyl adjacent to an activating group) is 1. The molecule has 0 radical (unpaired) electrons. The first-order valence-electron chi connectivity index (χ1n) is 9.44. The Labute approximate surface area is 169 Å². The van der Waals surface area contributed by atoms with E-state index < -0.39 is 17.5 Å². The van der Waals surface area contributed by atoms with Crippen LogP contribution in [0.4, 0.5) is 14.5 Å². The lowest BCUT2D eigenvalue weighted by atomic mass is 10.2. The van der Waals surface area contributed by atoms with Gasteiger partial charge < -0.3 is 19.7 Å². The zero-order chi connectivity index (χ0) is 21.2. The molecule has 0 unspecified atom stereocenters. The van der Waals surface area contributed by atoms with E-state index in [1.807, 2.05) is 0 Å². The van der Waals surface area contributed by atoms with E-state index in [1.54, 1.807) is 18.2 Å². The average molecular weight is 404 g/mol. The van der Waals surface area contributed by atoms with Crippen molar-refractivity contribution < 1.29 is 23.0 Å². The molecule has 2 rings (SSSR count). The number of amides is 1. The van der Waals surface area contributed by atoms with Crippen LogP contribution in [0, 0.1) is 11.6 Å². The molecule has 0 aromatic heterocycles. The Morgan fingerprint density at radius 2 is 1.79 bits per heavy atom. The number of ether oxygens (including phenoxy) is 2. The van der Waals surface area contributed by atoms with Gasteiger partial charge in [-0.1, -0.05) is 19.9 Å². The molecule has 29 heavy (non-hydrogen) atoms. The Morgan fingerprint density at radius 1 is 1.10 bits per heavy atom. The molecular formula is C22H26F2N2O3. The lowest BCUT2D eigenvalue weighted by Crippen LogP contribution is -2.28. The summed E-state index contributed by atoms with van der Waals surface area (Å²) in [4.78, 5) is 14.4. The number of anilines is 1. The predicted octanol–water partition coefficient (Wildman–Crippen LogP) is 4.35. The molecule has 0 aliphatic heterocycles. The third-order valence-electron chi connectivity index (χ3n) is 4.39. The number of carbonyl (C=O) groups excluding carboxylic acids is 1. The smallest absolute Gasteiger partial charge is 0.248 e. The first-order valence-corrected chi connectivity index (χ1v) is 9.44. The summed E-state index contributed by atoms with van der Waals surface area (Å²) in [6, 6.07) is 8.52. The highest BCUT2D eigenvalue weighted by molar-refractivity contribution is 6.02. The summed E-state index contributed by atoms with van der Waals surface area (Å²) in [5.74, 6) is -0.940. The van der Waals surface area contributed by atoms with Gasteiger partial charge in [-0.2, -0.15) is 0 Å². The SMILES string of the molecule is CCN(CC)CCOc1cc(NC(=O)/C=C/c2c(F)cccc2F)ccc1OC. The normalized spacial score (nSPS) is 11.1. The van der Waals surface area contributed by atoms with Crippen molar-refractivity contribution in [1.82, 2.24) is 4.90 Å². The molecule has 0 atom stereocenters. The van der Waals surface area contributed by atoms with Crippen LogP contribution >= 0.6 is 0 Å². The molecule has 0 aliphatic rings. The van der Waals surface area contributed by atoms with Crippen LogP contribution in [0.1, 0.15) is 19.4 Å². The van der Waals surface area contributed by atoms with Gasteiger partial charge in [-0.05, 0) is 43.4 Å². The molecule has 0 aliphatic carbocycles. The molecule has 0 saturated carbocycles. The Bertz CT molecular complexity index is 832. The number of hydrogen-bond acceptors (Lipinski definition) is 4. The molecule has 156 valence electrons. The highest BCUT2D eigenvalue weighted by Gasteiger charge is 2.09. The number of methoxy groups -OCH3 is 1. The fourth-order valence-corrected chi connectivity index (χ4v) is 2.70. The summed E-state index contributed by atoms with van der Waals surface area (Å²) in [6.07, 6.45) is 2.18. The van der Waals surface area contributed by atoms with Gasteiger partial charge in [0.25, 0.3) is 0 Å². The Balaban J connectivity index is 2.04. The lowest BCUT2D eigenvalue weighted by Gasteiger charge is -2.19. The van der Waals surface area contributed by atoms with E-state index in [0.29, 0.717) is 23.8 Å². The minimum Gasteiger partial charge on any atom is -0.493 e. The van der Waals surface area contributed by atoms with Crippen molar-refractivity contribution in [2.75, 3.05) is 38.7 Å². The van der Waals surface area contributed by atoms with Crippen LogP contribution in [-0.2, 0) is 4.79 Å². The van der Waals surface area contributed by atoms with Crippen LogP contribution < -0.4 is 14.8 Å². The highest BCUT2D eigenvalue weighted by atomic mass is 19.1. The third kappa shape index (κ3) is 6.57. The molecule has 0 heterocycles. The summed E-state index contributed by atoms with van der Waals surface area (Å²) in [7, 11) is 1.54. The molecular weight excluding hydrogens is 378 g/mol. The zero-order valence-electron chi connectivity index (χ0n) is 16.9. The Kier molecular flexibility index (Phi) is 8.61. The second kappa shape index (κ2) is 11.2. The maximum atomic E-state index is 13.6. The second-order valence-electron chi connectivity index (χ2n) is 6.20. The van der Waals surface area contributed by atoms with E-state index in [0.717, 1.165) is 43.9 Å². The minimum absolute atomic E-state index is 0.266. The first-order chi connectivity index (χ1) is 14.0. The van der Waals surface area contributed by atoms with Gasteiger partial charge >= 0.3 is 0 Å². The van der Waals surface area contributed by atoms with Crippen LogP contribution in [0.15, 0.2) is 42.5 Å². The maximum absolute atomic E-state index is 13.6. The quantitative estimate of drug-likeness (QED) is 0.599. The second-order valence-corrected chi connectivity index (χ2v) is 6.20.